The van der Waals surface area contributed by atoms with Crippen molar-refractivity contribution in [1.82, 2.24) is 0 Å². The van der Waals surface area contributed by atoms with Crippen molar-refractivity contribution in [3.8, 4) is 0 Å². The summed E-state index contributed by atoms with van der Waals surface area (Å²) >= 11 is 0. The van der Waals surface area contributed by atoms with Gasteiger partial charge in [-0.15, -0.1) is 0 Å². The Hall–Kier alpha value is -2.35. The van der Waals surface area contributed by atoms with Gasteiger partial charge in [-0.1, -0.05) is 54.6 Å². The molecule has 2 aromatic carbocycles. The standard InChI is InChI=1S/C18H18O2/c1-2-20-18(19)17-13-11-16(12-14-17)10-6-9-15-7-4-3-5-8-15/h3-9,11-14H,2,10H2,1H3. The van der Waals surface area contributed by atoms with E-state index in [-0.39, 0.29) is 5.97 Å². The van der Waals surface area contributed by atoms with Crippen LogP contribution in [0.25, 0.3) is 6.08 Å². The molecule has 20 heavy (non-hydrogen) atoms. The van der Waals surface area contributed by atoms with Crippen LogP contribution in [0.1, 0.15) is 28.4 Å². The predicted octanol–water partition coefficient (Wildman–Crippen LogP) is 4.12. The molecule has 0 N–H and O–H groups in total. The molecule has 0 aromatic heterocycles. The van der Waals surface area contributed by atoms with Gasteiger partial charge in [0, 0.05) is 0 Å². The molecule has 0 aliphatic rings. The zero-order chi connectivity index (χ0) is 14.2. The average Bonchev–Trinajstić information content (AvgIpc) is 2.49. The minimum atomic E-state index is -0.265. The summed E-state index contributed by atoms with van der Waals surface area (Å²) in [6.07, 6.45) is 5.06. The van der Waals surface area contributed by atoms with Crippen LogP contribution in [0.15, 0.2) is 60.7 Å². The maximum absolute atomic E-state index is 11.5. The lowest BCUT2D eigenvalue weighted by molar-refractivity contribution is 0.0526. The molecule has 2 aromatic rings. The van der Waals surface area contributed by atoms with E-state index in [4.69, 9.17) is 4.74 Å². The van der Waals surface area contributed by atoms with Crippen LogP contribution >= 0.6 is 0 Å². The Kier molecular flexibility index (Phi) is 5.13. The minimum Gasteiger partial charge on any atom is -0.462 e. The van der Waals surface area contributed by atoms with Crippen molar-refractivity contribution >= 4 is 12.0 Å². The fraction of sp³-hybridized carbons (Fsp3) is 0.167. The molecule has 0 unspecified atom stereocenters. The molecule has 0 heterocycles. The molecule has 0 radical (unpaired) electrons. The zero-order valence-electron chi connectivity index (χ0n) is 11.6. The third kappa shape index (κ3) is 4.09. The number of hydrogen-bond acceptors (Lipinski definition) is 2. The van der Waals surface area contributed by atoms with Crippen molar-refractivity contribution in [2.24, 2.45) is 0 Å². The summed E-state index contributed by atoms with van der Waals surface area (Å²) < 4.78 is 4.95. The molecule has 2 nitrogen and oxygen atoms in total. The van der Waals surface area contributed by atoms with E-state index in [1.165, 1.54) is 11.1 Å². The monoisotopic (exact) mass is 266 g/mol. The molecule has 0 atom stereocenters. The first-order valence-corrected chi connectivity index (χ1v) is 6.77. The molecule has 0 aliphatic carbocycles. The van der Waals surface area contributed by atoms with Crippen LogP contribution in [0.5, 0.6) is 0 Å². The summed E-state index contributed by atoms with van der Waals surface area (Å²) in [6.45, 7) is 2.21. The van der Waals surface area contributed by atoms with Crippen LogP contribution in [-0.2, 0) is 11.2 Å². The Balaban J connectivity index is 1.94. The van der Waals surface area contributed by atoms with Gasteiger partial charge in [0.05, 0.1) is 12.2 Å². The Morgan fingerprint density at radius 3 is 2.40 bits per heavy atom. The van der Waals surface area contributed by atoms with Gasteiger partial charge in [-0.3, -0.25) is 0 Å². The third-order valence-corrected chi connectivity index (χ3v) is 2.93. The van der Waals surface area contributed by atoms with Gasteiger partial charge < -0.3 is 4.74 Å². The second-order valence-corrected chi connectivity index (χ2v) is 4.43. The molecule has 0 saturated heterocycles. The van der Waals surface area contributed by atoms with E-state index in [9.17, 15) is 4.79 Å². The fourth-order valence-corrected chi connectivity index (χ4v) is 1.89. The zero-order valence-corrected chi connectivity index (χ0v) is 11.6. The second-order valence-electron chi connectivity index (χ2n) is 4.43. The third-order valence-electron chi connectivity index (χ3n) is 2.93. The highest BCUT2D eigenvalue weighted by atomic mass is 16.5. The molecular weight excluding hydrogens is 248 g/mol. The topological polar surface area (TPSA) is 26.3 Å². The number of hydrogen-bond donors (Lipinski definition) is 0. The van der Waals surface area contributed by atoms with Crippen molar-refractivity contribution in [1.29, 1.82) is 0 Å². The van der Waals surface area contributed by atoms with Gasteiger partial charge in [0.25, 0.3) is 0 Å². The van der Waals surface area contributed by atoms with Crippen molar-refractivity contribution in [3.05, 3.63) is 77.4 Å². The molecule has 102 valence electrons. The molecule has 0 fully saturated rings. The van der Waals surface area contributed by atoms with Gasteiger partial charge in [0.2, 0.25) is 0 Å². The number of esters is 1. The van der Waals surface area contributed by atoms with E-state index in [1.54, 1.807) is 6.92 Å². The highest BCUT2D eigenvalue weighted by Crippen LogP contribution is 2.08. The van der Waals surface area contributed by atoms with Gasteiger partial charge in [-0.05, 0) is 36.6 Å². The maximum atomic E-state index is 11.5. The first kappa shape index (κ1) is 14.1. The normalized spacial score (nSPS) is 10.7. The highest BCUT2D eigenvalue weighted by Gasteiger charge is 2.04. The van der Waals surface area contributed by atoms with E-state index in [0.717, 1.165) is 6.42 Å². The number of allylic oxidation sites excluding steroid dienone is 1. The van der Waals surface area contributed by atoms with Gasteiger partial charge in [0.1, 0.15) is 0 Å². The largest absolute Gasteiger partial charge is 0.462 e. The van der Waals surface area contributed by atoms with Gasteiger partial charge in [-0.25, -0.2) is 4.79 Å². The lowest BCUT2D eigenvalue weighted by atomic mass is 10.1. The first-order chi connectivity index (χ1) is 9.79. The molecule has 0 saturated carbocycles. The minimum absolute atomic E-state index is 0.265. The van der Waals surface area contributed by atoms with Gasteiger partial charge in [0.15, 0.2) is 0 Å². The summed E-state index contributed by atoms with van der Waals surface area (Å²) in [6, 6.07) is 17.7. The number of rotatable bonds is 5. The van der Waals surface area contributed by atoms with Gasteiger partial charge in [-0.2, -0.15) is 0 Å². The molecule has 0 amide bonds. The lowest BCUT2D eigenvalue weighted by Crippen LogP contribution is -2.04. The average molecular weight is 266 g/mol. The molecule has 0 bridgehead atoms. The van der Waals surface area contributed by atoms with Gasteiger partial charge >= 0.3 is 5.97 Å². The smallest absolute Gasteiger partial charge is 0.338 e. The first-order valence-electron chi connectivity index (χ1n) is 6.77. The van der Waals surface area contributed by atoms with E-state index in [1.807, 2.05) is 42.5 Å². The quantitative estimate of drug-likeness (QED) is 0.761. The van der Waals surface area contributed by atoms with E-state index in [2.05, 4.69) is 24.3 Å². The summed E-state index contributed by atoms with van der Waals surface area (Å²) in [5.41, 5.74) is 2.96. The Bertz CT molecular complexity index is 568. The van der Waals surface area contributed by atoms with E-state index >= 15 is 0 Å². The van der Waals surface area contributed by atoms with Crippen molar-refractivity contribution < 1.29 is 9.53 Å². The van der Waals surface area contributed by atoms with Crippen LogP contribution < -0.4 is 0 Å². The SMILES string of the molecule is CCOC(=O)c1ccc(CC=Cc2ccccc2)cc1. The van der Waals surface area contributed by atoms with Crippen LogP contribution in [0.4, 0.5) is 0 Å². The number of carbonyl (C=O) groups is 1. The Labute approximate surface area is 119 Å². The van der Waals surface area contributed by atoms with Crippen LogP contribution in [0.2, 0.25) is 0 Å². The Morgan fingerprint density at radius 2 is 1.75 bits per heavy atom. The number of benzene rings is 2. The molecule has 0 aliphatic heterocycles. The molecule has 2 heteroatoms. The number of ether oxygens (including phenoxy) is 1. The van der Waals surface area contributed by atoms with Crippen molar-refractivity contribution in [3.63, 3.8) is 0 Å². The molecule has 2 rings (SSSR count). The summed E-state index contributed by atoms with van der Waals surface area (Å²) in [7, 11) is 0. The fourth-order valence-electron chi connectivity index (χ4n) is 1.89. The number of carbonyl (C=O) groups excluding carboxylic acids is 1. The van der Waals surface area contributed by atoms with Crippen LogP contribution in [0.3, 0.4) is 0 Å². The van der Waals surface area contributed by atoms with E-state index in [0.29, 0.717) is 12.2 Å². The molecular formula is C18H18O2. The lowest BCUT2D eigenvalue weighted by Gasteiger charge is -2.02. The summed E-state index contributed by atoms with van der Waals surface area (Å²) in [4.78, 5) is 11.5. The van der Waals surface area contributed by atoms with Crippen LogP contribution in [-0.4, -0.2) is 12.6 Å². The van der Waals surface area contributed by atoms with Crippen LogP contribution in [0, 0.1) is 0 Å². The highest BCUT2D eigenvalue weighted by molar-refractivity contribution is 5.89. The summed E-state index contributed by atoms with van der Waals surface area (Å²) in [5, 5.41) is 0. The molecule has 0 spiro atoms. The van der Waals surface area contributed by atoms with Crippen molar-refractivity contribution in [2.75, 3.05) is 6.61 Å². The summed E-state index contributed by atoms with van der Waals surface area (Å²) in [5.74, 6) is -0.265. The predicted molar refractivity (Wildman–Crippen MR) is 81.6 cm³/mol. The van der Waals surface area contributed by atoms with E-state index < -0.39 is 0 Å². The Morgan fingerprint density at radius 1 is 1.05 bits per heavy atom. The van der Waals surface area contributed by atoms with Crippen molar-refractivity contribution in [2.45, 2.75) is 13.3 Å². The second kappa shape index (κ2) is 7.29. The maximum Gasteiger partial charge on any atom is 0.338 e.